The molecule has 2 heterocycles. The van der Waals surface area contributed by atoms with E-state index in [-0.39, 0.29) is 0 Å². The van der Waals surface area contributed by atoms with Crippen LogP contribution in [0.2, 0.25) is 0 Å². The highest BCUT2D eigenvalue weighted by atomic mass is 15.3. The molecule has 88 valence electrons. The van der Waals surface area contributed by atoms with Crippen LogP contribution in [-0.4, -0.2) is 21.9 Å². The molecule has 0 aromatic carbocycles. The maximum Gasteiger partial charge on any atom is 0.0492 e. The number of hydrogen-bond donors (Lipinski definition) is 1. The number of aromatic nitrogens is 2. The van der Waals surface area contributed by atoms with Crippen molar-refractivity contribution in [2.24, 2.45) is 13.0 Å². The Balaban J connectivity index is 1.66. The van der Waals surface area contributed by atoms with E-state index in [0.29, 0.717) is 5.54 Å². The van der Waals surface area contributed by atoms with Gasteiger partial charge >= 0.3 is 0 Å². The highest BCUT2D eigenvalue weighted by Gasteiger charge is 2.46. The highest BCUT2D eigenvalue weighted by molar-refractivity contribution is 5.08. The van der Waals surface area contributed by atoms with Gasteiger partial charge in [-0.1, -0.05) is 0 Å². The van der Waals surface area contributed by atoms with Crippen molar-refractivity contribution < 1.29 is 0 Å². The average molecular weight is 219 g/mol. The first-order valence-corrected chi connectivity index (χ1v) is 6.52. The summed E-state index contributed by atoms with van der Waals surface area (Å²) >= 11 is 0. The van der Waals surface area contributed by atoms with Gasteiger partial charge in [0, 0.05) is 24.5 Å². The minimum atomic E-state index is 0.476. The van der Waals surface area contributed by atoms with Gasteiger partial charge in [0.15, 0.2) is 0 Å². The number of hydrogen-bond acceptors (Lipinski definition) is 2. The lowest BCUT2D eigenvalue weighted by Crippen LogP contribution is -2.42. The number of aryl methyl sites for hydroxylation is 2. The Morgan fingerprint density at radius 1 is 1.56 bits per heavy atom. The van der Waals surface area contributed by atoms with Crippen LogP contribution in [-0.2, 0) is 13.5 Å². The Morgan fingerprint density at radius 2 is 2.44 bits per heavy atom. The molecule has 0 spiro atoms. The molecule has 3 heteroatoms. The van der Waals surface area contributed by atoms with Gasteiger partial charge < -0.3 is 5.32 Å². The lowest BCUT2D eigenvalue weighted by molar-refractivity contribution is 0.300. The summed E-state index contributed by atoms with van der Waals surface area (Å²) in [6, 6.07) is 2.15. The van der Waals surface area contributed by atoms with Crippen molar-refractivity contribution in [1.29, 1.82) is 0 Å². The molecule has 1 aromatic rings. The van der Waals surface area contributed by atoms with Crippen molar-refractivity contribution in [3.63, 3.8) is 0 Å². The molecule has 3 nitrogen and oxygen atoms in total. The molecule has 0 bridgehead atoms. The molecule has 1 saturated carbocycles. The van der Waals surface area contributed by atoms with Crippen LogP contribution in [0.4, 0.5) is 0 Å². The first-order chi connectivity index (χ1) is 7.80. The molecule has 1 aliphatic heterocycles. The van der Waals surface area contributed by atoms with E-state index in [2.05, 4.69) is 16.5 Å². The van der Waals surface area contributed by atoms with Gasteiger partial charge in [-0.2, -0.15) is 5.10 Å². The summed E-state index contributed by atoms with van der Waals surface area (Å²) < 4.78 is 2.01. The number of nitrogens with zero attached hydrogens (tertiary/aromatic N) is 2. The van der Waals surface area contributed by atoms with Gasteiger partial charge in [0.2, 0.25) is 0 Å². The van der Waals surface area contributed by atoms with Gasteiger partial charge in [-0.25, -0.2) is 0 Å². The van der Waals surface area contributed by atoms with Gasteiger partial charge in [-0.05, 0) is 57.1 Å². The van der Waals surface area contributed by atoms with Crippen molar-refractivity contribution in [2.45, 2.75) is 44.1 Å². The van der Waals surface area contributed by atoms with Crippen molar-refractivity contribution in [3.05, 3.63) is 18.0 Å². The van der Waals surface area contributed by atoms with Crippen LogP contribution in [0.25, 0.3) is 0 Å². The summed E-state index contributed by atoms with van der Waals surface area (Å²) in [6.45, 7) is 1.22. The fourth-order valence-corrected chi connectivity index (χ4v) is 3.23. The largest absolute Gasteiger partial charge is 0.311 e. The van der Waals surface area contributed by atoms with Gasteiger partial charge in [0.25, 0.3) is 0 Å². The maximum atomic E-state index is 4.24. The van der Waals surface area contributed by atoms with E-state index >= 15 is 0 Å². The lowest BCUT2D eigenvalue weighted by atomic mass is 9.86. The smallest absolute Gasteiger partial charge is 0.0492 e. The lowest BCUT2D eigenvalue weighted by Gasteiger charge is -2.29. The van der Waals surface area contributed by atoms with E-state index in [1.165, 1.54) is 50.8 Å². The quantitative estimate of drug-likeness (QED) is 0.838. The third kappa shape index (κ3) is 1.77. The third-order valence-electron chi connectivity index (χ3n) is 4.39. The molecule has 0 radical (unpaired) electrons. The van der Waals surface area contributed by atoms with Crippen LogP contribution < -0.4 is 5.32 Å². The van der Waals surface area contributed by atoms with Crippen molar-refractivity contribution >= 4 is 0 Å². The molecule has 1 aliphatic carbocycles. The van der Waals surface area contributed by atoms with E-state index in [1.807, 2.05) is 17.9 Å². The van der Waals surface area contributed by atoms with Gasteiger partial charge in [0.05, 0.1) is 0 Å². The second-order valence-corrected chi connectivity index (χ2v) is 5.41. The zero-order chi connectivity index (χ0) is 11.0. The molecule has 2 aliphatic rings. The van der Waals surface area contributed by atoms with Crippen molar-refractivity contribution in [3.8, 4) is 0 Å². The van der Waals surface area contributed by atoms with Crippen molar-refractivity contribution in [2.75, 3.05) is 6.54 Å². The molecule has 0 amide bonds. The summed E-state index contributed by atoms with van der Waals surface area (Å²) in [5, 5.41) is 8.03. The maximum absolute atomic E-state index is 4.24. The highest BCUT2D eigenvalue weighted by Crippen LogP contribution is 2.46. The van der Waals surface area contributed by atoms with Gasteiger partial charge in [-0.3, -0.25) is 4.68 Å². The second-order valence-electron chi connectivity index (χ2n) is 5.41. The van der Waals surface area contributed by atoms with Crippen LogP contribution in [0, 0.1) is 5.92 Å². The Morgan fingerprint density at radius 3 is 3.00 bits per heavy atom. The topological polar surface area (TPSA) is 29.9 Å². The molecular formula is C13H21N3. The predicted molar refractivity (Wildman–Crippen MR) is 64.2 cm³/mol. The fraction of sp³-hybridized carbons (Fsp3) is 0.769. The first-order valence-electron chi connectivity index (χ1n) is 6.52. The van der Waals surface area contributed by atoms with E-state index in [9.17, 15) is 0 Å². The molecule has 1 N–H and O–H groups in total. The SMILES string of the molecule is Cn1nccc1CCC1(C2CC2)CCCN1. The predicted octanol–water partition coefficient (Wildman–Crippen LogP) is 1.88. The summed E-state index contributed by atoms with van der Waals surface area (Å²) in [6.07, 6.45) is 9.99. The average Bonchev–Trinajstić information content (AvgIpc) is 2.90. The molecule has 1 aromatic heterocycles. The Bertz CT molecular complexity index is 359. The van der Waals surface area contributed by atoms with Crippen molar-refractivity contribution in [1.82, 2.24) is 15.1 Å². The monoisotopic (exact) mass is 219 g/mol. The standard InChI is InChI=1S/C13H21N3/c1-16-12(6-10-15-16)5-8-13(11-3-4-11)7-2-9-14-13/h6,10-11,14H,2-5,7-9H2,1H3. The second kappa shape index (κ2) is 3.88. The zero-order valence-corrected chi connectivity index (χ0v) is 10.1. The Hall–Kier alpha value is -0.830. The Labute approximate surface area is 97.2 Å². The number of rotatable bonds is 4. The normalized spacial score (nSPS) is 29.8. The minimum absolute atomic E-state index is 0.476. The first kappa shape index (κ1) is 10.3. The summed E-state index contributed by atoms with van der Waals surface area (Å²) in [7, 11) is 2.04. The fourth-order valence-electron chi connectivity index (χ4n) is 3.23. The molecule has 1 unspecified atom stereocenters. The molecule has 2 fully saturated rings. The zero-order valence-electron chi connectivity index (χ0n) is 10.1. The summed E-state index contributed by atoms with van der Waals surface area (Å²) in [4.78, 5) is 0. The van der Waals surface area contributed by atoms with Crippen LogP contribution in [0.1, 0.15) is 37.8 Å². The molecule has 1 saturated heterocycles. The summed E-state index contributed by atoms with van der Waals surface area (Å²) in [5.74, 6) is 0.961. The van der Waals surface area contributed by atoms with E-state index in [1.54, 1.807) is 0 Å². The van der Waals surface area contributed by atoms with Crippen LogP contribution >= 0.6 is 0 Å². The van der Waals surface area contributed by atoms with Crippen LogP contribution in [0.5, 0.6) is 0 Å². The van der Waals surface area contributed by atoms with Crippen LogP contribution in [0.3, 0.4) is 0 Å². The Kier molecular flexibility index (Phi) is 2.51. The minimum Gasteiger partial charge on any atom is -0.311 e. The molecule has 16 heavy (non-hydrogen) atoms. The van der Waals surface area contributed by atoms with Gasteiger partial charge in [0.1, 0.15) is 0 Å². The van der Waals surface area contributed by atoms with Crippen LogP contribution in [0.15, 0.2) is 12.3 Å². The van der Waals surface area contributed by atoms with E-state index < -0.39 is 0 Å². The van der Waals surface area contributed by atoms with E-state index in [0.717, 1.165) is 5.92 Å². The molecule has 3 rings (SSSR count). The number of nitrogens with one attached hydrogen (secondary N) is 1. The third-order valence-corrected chi connectivity index (χ3v) is 4.39. The molecular weight excluding hydrogens is 198 g/mol. The summed E-state index contributed by atoms with van der Waals surface area (Å²) in [5.41, 5.74) is 1.85. The van der Waals surface area contributed by atoms with E-state index in [4.69, 9.17) is 0 Å². The van der Waals surface area contributed by atoms with Gasteiger partial charge in [-0.15, -0.1) is 0 Å². The molecule has 1 atom stereocenters.